The van der Waals surface area contributed by atoms with E-state index in [1.807, 2.05) is 55.4 Å². The Balaban J connectivity index is 2.24. The molecule has 2 rings (SSSR count). The van der Waals surface area contributed by atoms with E-state index in [9.17, 15) is 5.26 Å². The second-order valence-corrected chi connectivity index (χ2v) is 5.75. The van der Waals surface area contributed by atoms with Gasteiger partial charge >= 0.3 is 0 Å². The van der Waals surface area contributed by atoms with Gasteiger partial charge in [0.15, 0.2) is 0 Å². The van der Waals surface area contributed by atoms with E-state index in [0.717, 1.165) is 16.8 Å². The predicted molar refractivity (Wildman–Crippen MR) is 90.8 cm³/mol. The maximum atomic E-state index is 9.52. The van der Waals surface area contributed by atoms with Gasteiger partial charge in [-0.1, -0.05) is 29.8 Å². The third-order valence-corrected chi connectivity index (χ3v) is 3.90. The van der Waals surface area contributed by atoms with Gasteiger partial charge in [-0.05, 0) is 41.8 Å². The van der Waals surface area contributed by atoms with Gasteiger partial charge in [0.1, 0.15) is 5.75 Å². The van der Waals surface area contributed by atoms with Crippen LogP contribution in [0.2, 0.25) is 5.02 Å². The minimum Gasteiger partial charge on any atom is -0.495 e. The van der Waals surface area contributed by atoms with Gasteiger partial charge in [0.2, 0.25) is 0 Å². The molecule has 2 aromatic carbocycles. The fourth-order valence-corrected chi connectivity index (χ4v) is 2.61. The summed E-state index contributed by atoms with van der Waals surface area (Å²) >= 11 is 6.15. The Hall–Kier alpha value is -2.18. The van der Waals surface area contributed by atoms with Gasteiger partial charge in [-0.3, -0.25) is 0 Å². The molecule has 0 aliphatic heterocycles. The average molecular weight is 315 g/mol. The number of hydrogen-bond acceptors (Lipinski definition) is 3. The summed E-state index contributed by atoms with van der Waals surface area (Å²) < 4.78 is 5.16. The molecule has 0 fully saturated rings. The third-order valence-electron chi connectivity index (χ3n) is 3.60. The van der Waals surface area contributed by atoms with Crippen molar-refractivity contribution in [3.05, 3.63) is 58.6 Å². The second kappa shape index (κ2) is 7.20. The number of nitrogens with zero attached hydrogens (tertiary/aromatic N) is 2. The Labute approximate surface area is 136 Å². The maximum absolute atomic E-state index is 9.52. The summed E-state index contributed by atoms with van der Waals surface area (Å²) in [4.78, 5) is 2.03. The first-order valence-corrected chi connectivity index (χ1v) is 7.42. The maximum Gasteiger partial charge on any atom is 0.137 e. The molecule has 3 nitrogen and oxygen atoms in total. The highest BCUT2D eigenvalue weighted by Gasteiger charge is 2.13. The van der Waals surface area contributed by atoms with E-state index >= 15 is 0 Å². The lowest BCUT2D eigenvalue weighted by atomic mass is 9.93. The fourth-order valence-electron chi connectivity index (χ4n) is 2.33. The van der Waals surface area contributed by atoms with Gasteiger partial charge in [0, 0.05) is 19.8 Å². The van der Waals surface area contributed by atoms with Crippen LogP contribution in [0.4, 0.5) is 5.69 Å². The van der Waals surface area contributed by atoms with E-state index in [1.165, 1.54) is 0 Å². The first-order valence-electron chi connectivity index (χ1n) is 7.04. The fraction of sp³-hybridized carbons (Fsp3) is 0.278. The van der Waals surface area contributed by atoms with Gasteiger partial charge in [-0.2, -0.15) is 5.26 Å². The van der Waals surface area contributed by atoms with Crippen LogP contribution in [0.25, 0.3) is 0 Å². The first-order chi connectivity index (χ1) is 10.5. The summed E-state index contributed by atoms with van der Waals surface area (Å²) in [6.07, 6.45) is 0.622. The largest absolute Gasteiger partial charge is 0.495 e. The highest BCUT2D eigenvalue weighted by Crippen LogP contribution is 2.29. The number of anilines is 1. The molecule has 0 bridgehead atoms. The van der Waals surface area contributed by atoms with E-state index in [-0.39, 0.29) is 5.92 Å². The number of rotatable bonds is 5. The van der Waals surface area contributed by atoms with Crippen molar-refractivity contribution >= 4 is 17.3 Å². The lowest BCUT2D eigenvalue weighted by Crippen LogP contribution is -2.09. The van der Waals surface area contributed by atoms with Crippen LogP contribution >= 0.6 is 11.6 Å². The SMILES string of the molecule is COc1ccc(CC(C#N)c2cccc(N(C)C)c2)cc1Cl. The summed E-state index contributed by atoms with van der Waals surface area (Å²) in [6, 6.07) is 16.1. The lowest BCUT2D eigenvalue weighted by Gasteiger charge is -2.16. The molecule has 22 heavy (non-hydrogen) atoms. The van der Waals surface area contributed by atoms with E-state index in [0.29, 0.717) is 17.2 Å². The molecule has 1 atom stereocenters. The van der Waals surface area contributed by atoms with Crippen molar-refractivity contribution in [2.45, 2.75) is 12.3 Å². The molecule has 0 saturated carbocycles. The molecule has 0 radical (unpaired) electrons. The molecule has 2 aromatic rings. The summed E-state index contributed by atoms with van der Waals surface area (Å²) in [6.45, 7) is 0. The Bertz CT molecular complexity index is 692. The average Bonchev–Trinajstić information content (AvgIpc) is 2.52. The van der Waals surface area contributed by atoms with E-state index in [1.54, 1.807) is 7.11 Å². The van der Waals surface area contributed by atoms with Crippen molar-refractivity contribution in [1.29, 1.82) is 5.26 Å². The molecule has 0 heterocycles. The van der Waals surface area contributed by atoms with Gasteiger partial charge in [-0.25, -0.2) is 0 Å². The number of nitriles is 1. The van der Waals surface area contributed by atoms with E-state index in [4.69, 9.17) is 16.3 Å². The zero-order chi connectivity index (χ0) is 16.1. The molecule has 1 unspecified atom stereocenters. The normalized spacial score (nSPS) is 11.6. The summed E-state index contributed by atoms with van der Waals surface area (Å²) in [5.41, 5.74) is 3.12. The number of methoxy groups -OCH3 is 1. The van der Waals surface area contributed by atoms with Crippen LogP contribution in [0.5, 0.6) is 5.75 Å². The van der Waals surface area contributed by atoms with Crippen LogP contribution < -0.4 is 9.64 Å². The van der Waals surface area contributed by atoms with Gasteiger partial charge in [0.05, 0.1) is 24.1 Å². The van der Waals surface area contributed by atoms with Crippen LogP contribution in [-0.4, -0.2) is 21.2 Å². The molecular formula is C18H19ClN2O. The minimum absolute atomic E-state index is 0.204. The summed E-state index contributed by atoms with van der Waals surface area (Å²) in [5.74, 6) is 0.442. The van der Waals surface area contributed by atoms with Crippen molar-refractivity contribution in [2.24, 2.45) is 0 Å². The van der Waals surface area contributed by atoms with Gasteiger partial charge in [0.25, 0.3) is 0 Å². The molecule has 0 amide bonds. The van der Waals surface area contributed by atoms with Crippen LogP contribution in [0.3, 0.4) is 0 Å². The van der Waals surface area contributed by atoms with Crippen LogP contribution in [0, 0.1) is 11.3 Å². The van der Waals surface area contributed by atoms with Gasteiger partial charge in [-0.15, -0.1) is 0 Å². The van der Waals surface area contributed by atoms with Crippen LogP contribution in [-0.2, 0) is 6.42 Å². The molecule has 0 aliphatic carbocycles. The summed E-state index contributed by atoms with van der Waals surface area (Å²) in [7, 11) is 5.57. The minimum atomic E-state index is -0.204. The Morgan fingerprint density at radius 1 is 1.23 bits per heavy atom. The Kier molecular flexibility index (Phi) is 5.30. The highest BCUT2D eigenvalue weighted by molar-refractivity contribution is 6.32. The Morgan fingerprint density at radius 3 is 2.59 bits per heavy atom. The first kappa shape index (κ1) is 16.2. The van der Waals surface area contributed by atoms with Crippen LogP contribution in [0.1, 0.15) is 17.0 Å². The molecule has 0 spiro atoms. The molecular weight excluding hydrogens is 296 g/mol. The predicted octanol–water partition coefficient (Wildman–Crippen LogP) is 4.26. The quantitative estimate of drug-likeness (QED) is 0.827. The van der Waals surface area contributed by atoms with Gasteiger partial charge < -0.3 is 9.64 Å². The lowest BCUT2D eigenvalue weighted by molar-refractivity contribution is 0.415. The van der Waals surface area contributed by atoms with Crippen molar-refractivity contribution in [3.63, 3.8) is 0 Å². The molecule has 0 aromatic heterocycles. The second-order valence-electron chi connectivity index (χ2n) is 5.34. The number of ether oxygens (including phenoxy) is 1. The smallest absolute Gasteiger partial charge is 0.137 e. The zero-order valence-electron chi connectivity index (χ0n) is 13.0. The number of benzene rings is 2. The van der Waals surface area contributed by atoms with Crippen molar-refractivity contribution in [3.8, 4) is 11.8 Å². The highest BCUT2D eigenvalue weighted by atomic mass is 35.5. The van der Waals surface area contributed by atoms with Crippen molar-refractivity contribution in [2.75, 3.05) is 26.1 Å². The summed E-state index contributed by atoms with van der Waals surface area (Å²) in [5, 5.41) is 10.1. The molecule has 0 aliphatic rings. The topological polar surface area (TPSA) is 36.3 Å². The monoisotopic (exact) mass is 314 g/mol. The standard InChI is InChI=1S/C18H19ClN2O/c1-21(2)16-6-4-5-14(11-16)15(12-20)9-13-7-8-18(22-3)17(19)10-13/h4-8,10-11,15H,9H2,1-3H3. The molecule has 114 valence electrons. The van der Waals surface area contributed by atoms with E-state index in [2.05, 4.69) is 12.1 Å². The molecule has 0 saturated heterocycles. The van der Waals surface area contributed by atoms with Crippen molar-refractivity contribution < 1.29 is 4.74 Å². The number of hydrogen-bond donors (Lipinski definition) is 0. The van der Waals surface area contributed by atoms with Crippen molar-refractivity contribution in [1.82, 2.24) is 0 Å². The third kappa shape index (κ3) is 3.72. The van der Waals surface area contributed by atoms with Crippen LogP contribution in [0.15, 0.2) is 42.5 Å². The number of halogens is 1. The molecule has 4 heteroatoms. The zero-order valence-corrected chi connectivity index (χ0v) is 13.8. The molecule has 0 N–H and O–H groups in total. The van der Waals surface area contributed by atoms with E-state index < -0.39 is 0 Å². The Morgan fingerprint density at radius 2 is 2.00 bits per heavy atom.